The van der Waals surface area contributed by atoms with Crippen molar-refractivity contribution in [3.8, 4) is 0 Å². The number of amides is 1. The van der Waals surface area contributed by atoms with Gasteiger partial charge in [0.25, 0.3) is 5.91 Å². The van der Waals surface area contributed by atoms with Gasteiger partial charge >= 0.3 is 0 Å². The molecule has 4 aliphatic rings. The Morgan fingerprint density at radius 2 is 1.67 bits per heavy atom. The molecule has 0 spiro atoms. The van der Waals surface area contributed by atoms with Crippen molar-refractivity contribution in [1.82, 2.24) is 15.1 Å². The number of carbonyl (C=O) groups excluding carboxylic acids is 1. The van der Waals surface area contributed by atoms with Gasteiger partial charge in [-0.25, -0.2) is 8.42 Å². The van der Waals surface area contributed by atoms with Gasteiger partial charge in [-0.3, -0.25) is 4.79 Å². The van der Waals surface area contributed by atoms with Gasteiger partial charge < -0.3 is 15.1 Å². The molecule has 4 fully saturated rings. The highest BCUT2D eigenvalue weighted by Gasteiger charge is 2.55. The molecule has 30 heavy (non-hydrogen) atoms. The fourth-order valence-corrected chi connectivity index (χ4v) is 6.33. The fraction of sp³-hybridized carbons (Fsp3) is 0.435. The van der Waals surface area contributed by atoms with Crippen LogP contribution in [0.25, 0.3) is 0 Å². The highest BCUT2D eigenvalue weighted by Crippen LogP contribution is 2.43. The minimum Gasteiger partial charge on any atom is -0.348 e. The van der Waals surface area contributed by atoms with Crippen LogP contribution in [-0.4, -0.2) is 75.7 Å². The second-order valence-corrected chi connectivity index (χ2v) is 11.0. The van der Waals surface area contributed by atoms with Crippen LogP contribution >= 0.6 is 0 Å². The zero-order chi connectivity index (χ0) is 20.9. The minimum absolute atomic E-state index is 0.0138. The predicted octanol–water partition coefficient (Wildman–Crippen LogP) is 1.39. The van der Waals surface area contributed by atoms with E-state index in [2.05, 4.69) is 39.4 Å². The van der Waals surface area contributed by atoms with Crippen molar-refractivity contribution in [2.45, 2.75) is 16.4 Å². The maximum atomic E-state index is 13.2. The Balaban J connectivity index is 1.51. The monoisotopic (exact) mass is 425 g/mol. The molecule has 2 aromatic carbocycles. The van der Waals surface area contributed by atoms with Crippen LogP contribution < -0.4 is 5.32 Å². The zero-order valence-electron chi connectivity index (χ0n) is 17.1. The van der Waals surface area contributed by atoms with Crippen LogP contribution in [0, 0.1) is 5.92 Å². The molecule has 4 heterocycles. The molecular formula is C23H27N3O3S. The van der Waals surface area contributed by atoms with Crippen molar-refractivity contribution < 1.29 is 13.2 Å². The Kier molecular flexibility index (Phi) is 4.72. The van der Waals surface area contributed by atoms with E-state index in [9.17, 15) is 13.2 Å². The van der Waals surface area contributed by atoms with Gasteiger partial charge in [-0.2, -0.15) is 0 Å². The topological polar surface area (TPSA) is 69.7 Å². The van der Waals surface area contributed by atoms with E-state index in [1.54, 1.807) is 12.1 Å². The van der Waals surface area contributed by atoms with Gasteiger partial charge in [-0.05, 0) is 23.8 Å². The number of carbonyl (C=O) groups is 1. The zero-order valence-corrected chi connectivity index (χ0v) is 17.9. The molecule has 6 rings (SSSR count). The van der Waals surface area contributed by atoms with Crippen LogP contribution in [0.1, 0.15) is 15.9 Å². The number of nitrogens with one attached hydrogen (secondary N) is 1. The van der Waals surface area contributed by atoms with E-state index in [1.807, 2.05) is 6.07 Å². The van der Waals surface area contributed by atoms with Gasteiger partial charge in [0.1, 0.15) is 0 Å². The van der Waals surface area contributed by atoms with Gasteiger partial charge in [-0.15, -0.1) is 0 Å². The van der Waals surface area contributed by atoms with Crippen molar-refractivity contribution in [3.05, 3.63) is 65.7 Å². The molecule has 6 nitrogen and oxygen atoms in total. The molecule has 4 saturated heterocycles. The molecule has 0 radical (unpaired) electrons. The lowest BCUT2D eigenvalue weighted by atomic mass is 9.64. The second kappa shape index (κ2) is 7.18. The average Bonchev–Trinajstić information content (AvgIpc) is 2.99. The average molecular weight is 426 g/mol. The molecule has 4 bridgehead atoms. The Hall–Kier alpha value is -2.22. The van der Waals surface area contributed by atoms with Crippen molar-refractivity contribution in [2.75, 3.05) is 45.5 Å². The molecular weight excluding hydrogens is 398 g/mol. The Labute approximate surface area is 177 Å². The van der Waals surface area contributed by atoms with Crippen molar-refractivity contribution in [3.63, 3.8) is 0 Å². The van der Waals surface area contributed by atoms with Gasteiger partial charge in [0.2, 0.25) is 0 Å². The van der Waals surface area contributed by atoms with Crippen LogP contribution in [0.15, 0.2) is 59.5 Å². The summed E-state index contributed by atoms with van der Waals surface area (Å²) in [5.41, 5.74) is 1.50. The molecule has 7 heteroatoms. The summed E-state index contributed by atoms with van der Waals surface area (Å²) in [4.78, 5) is 18.5. The number of piperidine rings is 2. The van der Waals surface area contributed by atoms with Crippen LogP contribution in [0.5, 0.6) is 0 Å². The summed E-state index contributed by atoms with van der Waals surface area (Å²) in [7, 11) is -3.36. The minimum atomic E-state index is -3.36. The summed E-state index contributed by atoms with van der Waals surface area (Å²) in [6.45, 7) is 5.97. The molecule has 1 amide bonds. The summed E-state index contributed by atoms with van der Waals surface area (Å²) in [5, 5.41) is 3.34. The molecule has 0 aromatic heterocycles. The first kappa shape index (κ1) is 19.7. The fourth-order valence-electron chi connectivity index (χ4n) is 5.66. The standard InChI is InChI=1S/C23H27N3O3S/c1-30(28,29)20-9-5-6-17(12-20)22(27)24-21-18-13-25-10-11-26(14-18)16-23(21,15-25)19-7-3-2-4-8-19/h2-9,12,18,21H,10-11,13-16H2,1H3,(H,24,27)/t18?,21-,23?/m1/s1. The number of fused-ring (bicyclic) bond motifs is 1. The first-order chi connectivity index (χ1) is 14.3. The summed E-state index contributed by atoms with van der Waals surface area (Å²) < 4.78 is 23.9. The molecule has 3 atom stereocenters. The first-order valence-corrected chi connectivity index (χ1v) is 12.4. The summed E-state index contributed by atoms with van der Waals surface area (Å²) in [5.74, 6) is 0.147. The second-order valence-electron chi connectivity index (χ2n) is 9.00. The van der Waals surface area contributed by atoms with Crippen molar-refractivity contribution in [2.24, 2.45) is 5.92 Å². The van der Waals surface area contributed by atoms with Crippen LogP contribution in [0.4, 0.5) is 0 Å². The van der Waals surface area contributed by atoms with E-state index < -0.39 is 9.84 Å². The van der Waals surface area contributed by atoms with Crippen molar-refractivity contribution in [1.29, 1.82) is 0 Å². The lowest BCUT2D eigenvalue weighted by molar-refractivity contribution is 0.0180. The summed E-state index contributed by atoms with van der Waals surface area (Å²) in [6, 6.07) is 16.9. The van der Waals surface area contributed by atoms with Crippen LogP contribution in [0.2, 0.25) is 0 Å². The van der Waals surface area contributed by atoms with Crippen molar-refractivity contribution >= 4 is 15.7 Å². The van der Waals surface area contributed by atoms with Gasteiger partial charge in [0, 0.05) is 68.5 Å². The molecule has 158 valence electrons. The number of nitrogens with zero attached hydrogens (tertiary/aromatic N) is 2. The Bertz CT molecular complexity index is 1050. The van der Waals surface area contributed by atoms with E-state index in [1.165, 1.54) is 24.0 Å². The van der Waals surface area contributed by atoms with E-state index in [4.69, 9.17) is 0 Å². The normalized spacial score (nSPS) is 32.6. The van der Waals surface area contributed by atoms with Gasteiger partial charge in [-0.1, -0.05) is 36.4 Å². The van der Waals surface area contributed by atoms with Crippen LogP contribution in [0.3, 0.4) is 0 Å². The maximum absolute atomic E-state index is 13.2. The van der Waals surface area contributed by atoms with Gasteiger partial charge in [0.15, 0.2) is 9.84 Å². The number of rotatable bonds is 4. The molecule has 1 N–H and O–H groups in total. The lowest BCUT2D eigenvalue weighted by Crippen LogP contribution is -2.70. The highest BCUT2D eigenvalue weighted by molar-refractivity contribution is 7.90. The lowest BCUT2D eigenvalue weighted by Gasteiger charge is -2.55. The maximum Gasteiger partial charge on any atom is 0.251 e. The number of hydrogen-bond donors (Lipinski definition) is 1. The van der Waals surface area contributed by atoms with E-state index >= 15 is 0 Å². The van der Waals surface area contributed by atoms with E-state index in [0.29, 0.717) is 11.5 Å². The summed E-state index contributed by atoms with van der Waals surface area (Å²) >= 11 is 0. The third-order valence-electron chi connectivity index (χ3n) is 6.96. The Morgan fingerprint density at radius 1 is 1.00 bits per heavy atom. The summed E-state index contributed by atoms with van der Waals surface area (Å²) in [6.07, 6.45) is 1.17. The Morgan fingerprint density at radius 3 is 2.30 bits per heavy atom. The highest BCUT2D eigenvalue weighted by atomic mass is 32.2. The first-order valence-electron chi connectivity index (χ1n) is 10.5. The van der Waals surface area contributed by atoms with E-state index in [0.717, 1.165) is 39.3 Å². The quantitative estimate of drug-likeness (QED) is 0.802. The van der Waals surface area contributed by atoms with Gasteiger partial charge in [0.05, 0.1) is 4.90 Å². The number of hydrogen-bond acceptors (Lipinski definition) is 5. The van der Waals surface area contributed by atoms with E-state index in [-0.39, 0.29) is 22.3 Å². The molecule has 2 aromatic rings. The third kappa shape index (κ3) is 3.35. The molecule has 4 aliphatic heterocycles. The third-order valence-corrected chi connectivity index (χ3v) is 8.07. The molecule has 0 saturated carbocycles. The smallest absolute Gasteiger partial charge is 0.251 e. The number of benzene rings is 2. The largest absolute Gasteiger partial charge is 0.348 e. The predicted molar refractivity (Wildman–Crippen MR) is 115 cm³/mol. The van der Waals surface area contributed by atoms with Crippen LogP contribution in [-0.2, 0) is 15.3 Å². The SMILES string of the molecule is CS(=O)(=O)c1cccc(C(=O)N[C@@H]2C3CN4CCN(C3)CC2(c2ccccc2)C4)c1. The molecule has 0 aliphatic carbocycles. The number of sulfone groups is 1. The molecule has 2 unspecified atom stereocenters.